The minimum atomic E-state index is -0.665. The molecule has 0 saturated heterocycles. The lowest BCUT2D eigenvalue weighted by atomic mass is 9.97. The fourth-order valence-corrected chi connectivity index (χ4v) is 4.74. The van der Waals surface area contributed by atoms with Gasteiger partial charge in [-0.05, 0) is 66.1 Å². The molecular formula is C26H28N4O3S. The van der Waals surface area contributed by atoms with Crippen molar-refractivity contribution in [1.82, 2.24) is 9.55 Å². The summed E-state index contributed by atoms with van der Waals surface area (Å²) in [6, 6.07) is 11.3. The third kappa shape index (κ3) is 5.63. The number of benzene rings is 1. The highest BCUT2D eigenvalue weighted by molar-refractivity contribution is 7.08. The Morgan fingerprint density at radius 3 is 2.71 bits per heavy atom. The van der Waals surface area contributed by atoms with Gasteiger partial charge in [-0.25, -0.2) is 4.79 Å². The number of carbonyl (C=O) groups excluding carboxylic acids is 1. The average molecular weight is 477 g/mol. The van der Waals surface area contributed by atoms with Crippen LogP contribution < -0.4 is 21.9 Å². The molecule has 0 spiro atoms. The number of H-pyrrole nitrogens is 1. The van der Waals surface area contributed by atoms with Crippen molar-refractivity contribution in [1.29, 1.82) is 0 Å². The molecule has 2 heterocycles. The molecule has 0 saturated carbocycles. The number of nitrogens with one attached hydrogen (secondary N) is 1. The summed E-state index contributed by atoms with van der Waals surface area (Å²) in [4.78, 5) is 42.6. The van der Waals surface area contributed by atoms with Crippen LogP contribution in [0.2, 0.25) is 0 Å². The van der Waals surface area contributed by atoms with Crippen LogP contribution in [0.5, 0.6) is 0 Å². The van der Waals surface area contributed by atoms with Crippen LogP contribution in [-0.2, 0) is 11.3 Å². The number of nitrogens with zero attached hydrogens (tertiary/aromatic N) is 2. The van der Waals surface area contributed by atoms with Gasteiger partial charge < -0.3 is 10.6 Å². The number of aromatic nitrogens is 2. The maximum Gasteiger partial charge on any atom is 0.330 e. The Morgan fingerprint density at radius 1 is 1.18 bits per heavy atom. The molecule has 0 atom stereocenters. The topological polar surface area (TPSA) is 101 Å². The van der Waals surface area contributed by atoms with Gasteiger partial charge in [-0.2, -0.15) is 11.3 Å². The van der Waals surface area contributed by atoms with E-state index >= 15 is 0 Å². The quantitative estimate of drug-likeness (QED) is 0.376. The summed E-state index contributed by atoms with van der Waals surface area (Å²) in [5.74, 6) is -0.378. The molecular weight excluding hydrogens is 448 g/mol. The number of allylic oxidation sites excluding steroid dienone is 1. The van der Waals surface area contributed by atoms with E-state index in [0.717, 1.165) is 30.4 Å². The number of carbonyl (C=O) groups is 1. The molecule has 1 amide bonds. The molecule has 8 heteroatoms. The average Bonchev–Trinajstić information content (AvgIpc) is 3.37. The van der Waals surface area contributed by atoms with E-state index in [9.17, 15) is 14.4 Å². The number of thiophene rings is 1. The van der Waals surface area contributed by atoms with Crippen LogP contribution >= 0.6 is 11.3 Å². The normalized spacial score (nSPS) is 13.7. The number of hydrogen-bond acceptors (Lipinski definition) is 5. The van der Waals surface area contributed by atoms with E-state index in [2.05, 4.69) is 11.1 Å². The van der Waals surface area contributed by atoms with E-state index < -0.39 is 11.2 Å². The van der Waals surface area contributed by atoms with Crippen LogP contribution in [0.3, 0.4) is 0 Å². The largest absolute Gasteiger partial charge is 0.383 e. The molecule has 3 aromatic rings. The maximum absolute atomic E-state index is 13.3. The van der Waals surface area contributed by atoms with Gasteiger partial charge in [-0.1, -0.05) is 42.0 Å². The predicted molar refractivity (Wildman–Crippen MR) is 138 cm³/mol. The van der Waals surface area contributed by atoms with Crippen molar-refractivity contribution < 1.29 is 4.79 Å². The number of amides is 1. The van der Waals surface area contributed by atoms with Gasteiger partial charge in [-0.3, -0.25) is 19.1 Å². The first-order chi connectivity index (χ1) is 16.5. The molecule has 7 nitrogen and oxygen atoms in total. The maximum atomic E-state index is 13.3. The van der Waals surface area contributed by atoms with Gasteiger partial charge in [0.25, 0.3) is 11.5 Å². The molecule has 1 aliphatic rings. The lowest BCUT2D eigenvalue weighted by Crippen LogP contribution is -2.41. The Labute approximate surface area is 201 Å². The lowest BCUT2D eigenvalue weighted by molar-refractivity contribution is -0.114. The fourth-order valence-electron chi connectivity index (χ4n) is 4.11. The Hall–Kier alpha value is -3.65. The minimum absolute atomic E-state index is 0.00640. The molecule has 0 aliphatic heterocycles. The lowest BCUT2D eigenvalue weighted by Gasteiger charge is -2.24. The summed E-state index contributed by atoms with van der Waals surface area (Å²) < 4.78 is 1.30. The van der Waals surface area contributed by atoms with Crippen LogP contribution in [-0.4, -0.2) is 22.0 Å². The van der Waals surface area contributed by atoms with Crippen molar-refractivity contribution in [2.24, 2.45) is 0 Å². The zero-order chi connectivity index (χ0) is 23.9. The van der Waals surface area contributed by atoms with E-state index in [1.165, 1.54) is 38.9 Å². The molecule has 0 radical (unpaired) electrons. The number of rotatable bonds is 8. The number of nitrogens with two attached hydrogens (primary N) is 1. The van der Waals surface area contributed by atoms with Crippen LogP contribution in [0, 0.1) is 0 Å². The highest BCUT2D eigenvalue weighted by Gasteiger charge is 2.23. The molecule has 4 rings (SSSR count). The number of anilines is 2. The second-order valence-corrected chi connectivity index (χ2v) is 9.08. The van der Waals surface area contributed by atoms with Gasteiger partial charge in [-0.15, -0.1) is 0 Å². The van der Waals surface area contributed by atoms with Crippen molar-refractivity contribution in [2.45, 2.75) is 38.6 Å². The summed E-state index contributed by atoms with van der Waals surface area (Å²) in [7, 11) is 0. The second-order valence-electron chi connectivity index (χ2n) is 8.30. The van der Waals surface area contributed by atoms with Gasteiger partial charge in [0.05, 0.1) is 6.54 Å². The highest BCUT2D eigenvalue weighted by atomic mass is 32.1. The first-order valence-corrected chi connectivity index (χ1v) is 12.3. The van der Waals surface area contributed by atoms with Crippen molar-refractivity contribution >= 4 is 34.8 Å². The Bertz CT molecular complexity index is 1300. The van der Waals surface area contributed by atoms with Crippen LogP contribution in [0.1, 0.15) is 43.2 Å². The van der Waals surface area contributed by atoms with Gasteiger partial charge in [0.1, 0.15) is 5.82 Å². The molecule has 3 N–H and O–H groups in total. The van der Waals surface area contributed by atoms with Gasteiger partial charge >= 0.3 is 5.69 Å². The smallest absolute Gasteiger partial charge is 0.330 e. The summed E-state index contributed by atoms with van der Waals surface area (Å²) >= 11 is 1.54. The number of aromatic amines is 1. The zero-order valence-electron chi connectivity index (χ0n) is 18.9. The molecule has 2 aromatic heterocycles. The Kier molecular flexibility index (Phi) is 7.59. The van der Waals surface area contributed by atoms with E-state index in [-0.39, 0.29) is 24.0 Å². The van der Waals surface area contributed by atoms with Crippen molar-refractivity contribution in [3.8, 4) is 0 Å². The fraction of sp³-hybridized carbons (Fsp3) is 0.269. The Balaban J connectivity index is 1.70. The first kappa shape index (κ1) is 23.5. The van der Waals surface area contributed by atoms with Crippen molar-refractivity contribution in [3.63, 3.8) is 0 Å². The molecule has 0 fully saturated rings. The summed E-state index contributed by atoms with van der Waals surface area (Å²) in [6.45, 7) is 0.489. The highest BCUT2D eigenvalue weighted by Crippen LogP contribution is 2.24. The molecule has 1 aliphatic carbocycles. The van der Waals surface area contributed by atoms with Crippen LogP contribution in [0.15, 0.2) is 74.5 Å². The monoisotopic (exact) mass is 476 g/mol. The van der Waals surface area contributed by atoms with Gasteiger partial charge in [0.2, 0.25) is 0 Å². The third-order valence-electron chi connectivity index (χ3n) is 5.94. The number of nitrogen functional groups attached to an aromatic ring is 1. The van der Waals surface area contributed by atoms with Gasteiger partial charge in [0, 0.05) is 12.6 Å². The predicted octanol–water partition coefficient (Wildman–Crippen LogP) is 4.17. The third-order valence-corrected chi connectivity index (χ3v) is 6.64. The minimum Gasteiger partial charge on any atom is -0.383 e. The molecule has 0 bridgehead atoms. The standard InChI is InChI=1S/C26H28N4O3S/c27-24-23(25(32)28-26(33)30(24)17-20-9-5-2-6-10-20)29(15-13-19-7-3-1-4-8-19)22(31)12-11-21-14-16-34-18-21/h2,5-7,9-12,14,16,18H,1,3-4,8,13,15,17,27H2,(H,28,32,33)/b12-11+. The van der Waals surface area contributed by atoms with Gasteiger partial charge in [0.15, 0.2) is 5.69 Å². The van der Waals surface area contributed by atoms with Crippen molar-refractivity contribution in [3.05, 3.63) is 96.8 Å². The van der Waals surface area contributed by atoms with Crippen LogP contribution in [0.4, 0.5) is 11.5 Å². The molecule has 1 aromatic carbocycles. The van der Waals surface area contributed by atoms with Crippen molar-refractivity contribution in [2.75, 3.05) is 17.2 Å². The SMILES string of the molecule is Nc1c(N(CCC2=CCCCC2)C(=O)/C=C/c2ccsc2)c(=O)[nH]c(=O)n1Cc1ccccc1. The summed E-state index contributed by atoms with van der Waals surface area (Å²) in [5, 5.41) is 3.86. The number of hydrogen-bond donors (Lipinski definition) is 2. The van der Waals surface area contributed by atoms with E-state index in [4.69, 9.17) is 5.73 Å². The zero-order valence-corrected chi connectivity index (χ0v) is 19.7. The summed E-state index contributed by atoms with van der Waals surface area (Å²) in [6.07, 6.45) is 10.4. The van der Waals surface area contributed by atoms with E-state index in [1.807, 2.05) is 47.2 Å². The molecule has 0 unspecified atom stereocenters. The first-order valence-electron chi connectivity index (χ1n) is 11.4. The van der Waals surface area contributed by atoms with E-state index in [0.29, 0.717) is 13.0 Å². The Morgan fingerprint density at radius 2 is 2.00 bits per heavy atom. The second kappa shape index (κ2) is 11.0. The molecule has 34 heavy (non-hydrogen) atoms. The summed E-state index contributed by atoms with van der Waals surface area (Å²) in [5.41, 5.74) is 8.16. The molecule has 176 valence electrons. The van der Waals surface area contributed by atoms with Crippen LogP contribution in [0.25, 0.3) is 6.08 Å². The van der Waals surface area contributed by atoms with E-state index in [1.54, 1.807) is 6.08 Å².